The highest BCUT2D eigenvalue weighted by Gasteiger charge is 2.40. The Morgan fingerprint density at radius 2 is 1.87 bits per heavy atom. The van der Waals surface area contributed by atoms with Gasteiger partial charge < -0.3 is 10.1 Å². The summed E-state index contributed by atoms with van der Waals surface area (Å²) in [6.45, 7) is 2.06. The molecular formula is C23H24N2O4S. The van der Waals surface area contributed by atoms with Crippen LogP contribution in [-0.2, 0) is 14.8 Å². The maximum absolute atomic E-state index is 13.4. The predicted molar refractivity (Wildman–Crippen MR) is 117 cm³/mol. The third-order valence-electron chi connectivity index (χ3n) is 5.54. The summed E-state index contributed by atoms with van der Waals surface area (Å²) in [4.78, 5) is 13.3. The van der Waals surface area contributed by atoms with Gasteiger partial charge in [-0.15, -0.1) is 0 Å². The van der Waals surface area contributed by atoms with E-state index in [9.17, 15) is 13.2 Å². The molecule has 0 aliphatic carbocycles. The molecule has 30 heavy (non-hydrogen) atoms. The van der Waals surface area contributed by atoms with E-state index in [0.717, 1.165) is 10.8 Å². The van der Waals surface area contributed by atoms with Gasteiger partial charge in [0.05, 0.1) is 12.0 Å². The molecule has 1 N–H and O–H groups in total. The molecule has 1 atom stereocenters. The predicted octanol–water partition coefficient (Wildman–Crippen LogP) is 3.95. The number of rotatable bonds is 5. The first-order chi connectivity index (χ1) is 14.4. The van der Waals surface area contributed by atoms with Crippen molar-refractivity contribution in [2.75, 3.05) is 19.0 Å². The third-order valence-corrected chi connectivity index (χ3v) is 7.59. The van der Waals surface area contributed by atoms with Crippen molar-refractivity contribution in [3.8, 4) is 5.75 Å². The second-order valence-corrected chi connectivity index (χ2v) is 9.28. The van der Waals surface area contributed by atoms with Crippen LogP contribution in [0.1, 0.15) is 18.4 Å². The molecule has 1 amide bonds. The molecule has 1 fully saturated rings. The molecule has 4 rings (SSSR count). The van der Waals surface area contributed by atoms with Crippen LogP contribution in [0.2, 0.25) is 0 Å². The van der Waals surface area contributed by atoms with Crippen LogP contribution in [0.5, 0.6) is 5.75 Å². The highest BCUT2D eigenvalue weighted by atomic mass is 32.2. The number of carbonyl (C=O) groups excluding carboxylic acids is 1. The SMILES string of the molecule is COc1ccc(C)c(S(=O)(=O)N2CCC[C@@H]2C(=O)Nc2cccc3ccccc23)c1. The van der Waals surface area contributed by atoms with Crippen LogP contribution in [0, 0.1) is 6.92 Å². The molecule has 0 bridgehead atoms. The van der Waals surface area contributed by atoms with E-state index in [4.69, 9.17) is 4.74 Å². The van der Waals surface area contributed by atoms with Gasteiger partial charge in [-0.2, -0.15) is 4.31 Å². The number of aryl methyl sites for hydroxylation is 1. The number of fused-ring (bicyclic) bond motifs is 1. The van der Waals surface area contributed by atoms with Crippen LogP contribution < -0.4 is 10.1 Å². The lowest BCUT2D eigenvalue weighted by molar-refractivity contribution is -0.119. The summed E-state index contributed by atoms with van der Waals surface area (Å²) in [5.41, 5.74) is 1.30. The quantitative estimate of drug-likeness (QED) is 0.673. The normalized spacial score (nSPS) is 17.2. The van der Waals surface area contributed by atoms with Crippen molar-refractivity contribution in [2.24, 2.45) is 0 Å². The number of carbonyl (C=O) groups is 1. The smallest absolute Gasteiger partial charge is 0.244 e. The third kappa shape index (κ3) is 3.66. The molecule has 156 valence electrons. The first kappa shape index (κ1) is 20.4. The molecule has 1 heterocycles. The Balaban J connectivity index is 1.64. The second kappa shape index (κ2) is 8.08. The summed E-state index contributed by atoms with van der Waals surface area (Å²) in [5, 5.41) is 4.88. The zero-order chi connectivity index (χ0) is 21.3. The molecule has 0 saturated carbocycles. The standard InChI is InChI=1S/C23H24N2O4S/c1-16-12-13-18(29-2)15-22(16)30(27,28)25-14-6-11-21(25)23(26)24-20-10-5-8-17-7-3-4-9-19(17)20/h3-5,7-10,12-13,15,21H,6,11,14H2,1-2H3,(H,24,26)/t21-/m1/s1. The van der Waals surface area contributed by atoms with Crippen LogP contribution in [-0.4, -0.2) is 38.3 Å². The molecule has 1 saturated heterocycles. The summed E-state index contributed by atoms with van der Waals surface area (Å²) >= 11 is 0. The number of anilines is 1. The van der Waals surface area contributed by atoms with Crippen LogP contribution in [0.25, 0.3) is 10.8 Å². The van der Waals surface area contributed by atoms with Gasteiger partial charge in [0.2, 0.25) is 15.9 Å². The lowest BCUT2D eigenvalue weighted by Crippen LogP contribution is -2.43. The minimum absolute atomic E-state index is 0.173. The van der Waals surface area contributed by atoms with Crippen LogP contribution in [0.15, 0.2) is 65.6 Å². The largest absolute Gasteiger partial charge is 0.497 e. The fourth-order valence-corrected chi connectivity index (χ4v) is 5.85. The summed E-state index contributed by atoms with van der Waals surface area (Å²) in [5.74, 6) is 0.156. The van der Waals surface area contributed by atoms with Gasteiger partial charge in [-0.05, 0) is 42.8 Å². The maximum atomic E-state index is 13.4. The molecule has 3 aromatic rings. The molecule has 7 heteroatoms. The van der Waals surface area contributed by atoms with E-state index in [0.29, 0.717) is 36.4 Å². The van der Waals surface area contributed by atoms with E-state index < -0.39 is 16.1 Å². The molecule has 3 aromatic carbocycles. The minimum Gasteiger partial charge on any atom is -0.497 e. The number of sulfonamides is 1. The number of nitrogens with one attached hydrogen (secondary N) is 1. The van der Waals surface area contributed by atoms with E-state index in [1.54, 1.807) is 19.1 Å². The van der Waals surface area contributed by atoms with E-state index >= 15 is 0 Å². The Kier molecular flexibility index (Phi) is 5.49. The van der Waals surface area contributed by atoms with Gasteiger partial charge in [0.15, 0.2) is 0 Å². The van der Waals surface area contributed by atoms with Crippen LogP contribution >= 0.6 is 0 Å². The summed E-state index contributed by atoms with van der Waals surface area (Å²) in [6.07, 6.45) is 1.12. The van der Waals surface area contributed by atoms with Crippen molar-refractivity contribution < 1.29 is 17.9 Å². The molecule has 1 aliphatic heterocycles. The van der Waals surface area contributed by atoms with Crippen LogP contribution in [0.3, 0.4) is 0 Å². The molecule has 0 radical (unpaired) electrons. The van der Waals surface area contributed by atoms with Gasteiger partial charge >= 0.3 is 0 Å². The number of nitrogens with zero attached hydrogens (tertiary/aromatic N) is 1. The van der Waals surface area contributed by atoms with Crippen molar-refractivity contribution in [2.45, 2.75) is 30.7 Å². The molecule has 1 aliphatic rings. The molecule has 6 nitrogen and oxygen atoms in total. The summed E-state index contributed by atoms with van der Waals surface area (Å²) in [6, 6.07) is 17.7. The summed E-state index contributed by atoms with van der Waals surface area (Å²) in [7, 11) is -2.34. The second-order valence-electron chi connectivity index (χ2n) is 7.42. The van der Waals surface area contributed by atoms with Gasteiger partial charge in [0, 0.05) is 23.7 Å². The van der Waals surface area contributed by atoms with E-state index in [-0.39, 0.29) is 10.8 Å². The Labute approximate surface area is 176 Å². The van der Waals surface area contributed by atoms with Gasteiger partial charge in [-0.25, -0.2) is 8.42 Å². The Hall–Kier alpha value is -2.90. The molecular weight excluding hydrogens is 400 g/mol. The highest BCUT2D eigenvalue weighted by Crippen LogP contribution is 2.31. The van der Waals surface area contributed by atoms with E-state index in [1.165, 1.54) is 17.5 Å². The van der Waals surface area contributed by atoms with Crippen LogP contribution in [0.4, 0.5) is 5.69 Å². The highest BCUT2D eigenvalue weighted by molar-refractivity contribution is 7.89. The average Bonchev–Trinajstić information content (AvgIpc) is 3.25. The van der Waals surface area contributed by atoms with Crippen molar-refractivity contribution in [1.29, 1.82) is 0 Å². The maximum Gasteiger partial charge on any atom is 0.244 e. The molecule has 0 spiro atoms. The molecule has 0 aromatic heterocycles. The monoisotopic (exact) mass is 424 g/mol. The number of amides is 1. The zero-order valence-corrected chi connectivity index (χ0v) is 17.8. The van der Waals surface area contributed by atoms with Crippen molar-refractivity contribution in [3.05, 3.63) is 66.2 Å². The van der Waals surface area contributed by atoms with E-state index in [2.05, 4.69) is 5.32 Å². The van der Waals surface area contributed by atoms with Crippen molar-refractivity contribution >= 4 is 32.4 Å². The lowest BCUT2D eigenvalue weighted by Gasteiger charge is -2.24. The average molecular weight is 425 g/mol. The van der Waals surface area contributed by atoms with E-state index in [1.807, 2.05) is 42.5 Å². The lowest BCUT2D eigenvalue weighted by atomic mass is 10.1. The van der Waals surface area contributed by atoms with Gasteiger partial charge in [-0.1, -0.05) is 42.5 Å². The Morgan fingerprint density at radius 3 is 2.67 bits per heavy atom. The number of ether oxygens (including phenoxy) is 1. The van der Waals surface area contributed by atoms with Crippen molar-refractivity contribution in [1.82, 2.24) is 4.31 Å². The fraction of sp³-hybridized carbons (Fsp3) is 0.261. The Morgan fingerprint density at radius 1 is 1.10 bits per heavy atom. The Bertz CT molecular complexity index is 1200. The fourth-order valence-electron chi connectivity index (χ4n) is 3.95. The number of methoxy groups -OCH3 is 1. The zero-order valence-electron chi connectivity index (χ0n) is 17.0. The van der Waals surface area contributed by atoms with Crippen molar-refractivity contribution in [3.63, 3.8) is 0 Å². The van der Waals surface area contributed by atoms with Gasteiger partial charge in [0.25, 0.3) is 0 Å². The van der Waals surface area contributed by atoms with Gasteiger partial charge in [0.1, 0.15) is 11.8 Å². The first-order valence-electron chi connectivity index (χ1n) is 9.87. The number of hydrogen-bond donors (Lipinski definition) is 1. The minimum atomic E-state index is -3.84. The number of hydrogen-bond acceptors (Lipinski definition) is 4. The summed E-state index contributed by atoms with van der Waals surface area (Å²) < 4.78 is 33.3. The first-order valence-corrected chi connectivity index (χ1v) is 11.3. The molecule has 0 unspecified atom stereocenters. The topological polar surface area (TPSA) is 75.7 Å². The number of benzene rings is 3. The van der Waals surface area contributed by atoms with Gasteiger partial charge in [-0.3, -0.25) is 4.79 Å².